The summed E-state index contributed by atoms with van der Waals surface area (Å²) in [5, 5.41) is 8.40. The van der Waals surface area contributed by atoms with Gasteiger partial charge in [0.15, 0.2) is 0 Å². The monoisotopic (exact) mass is 482 g/mol. The second-order valence-electron chi connectivity index (χ2n) is 8.04. The molecule has 1 saturated heterocycles. The molecule has 4 aromatic rings. The van der Waals surface area contributed by atoms with E-state index in [-0.39, 0.29) is 11.7 Å². The van der Waals surface area contributed by atoms with Gasteiger partial charge in [-0.2, -0.15) is 15.0 Å². The SMILES string of the molecule is Cc1ccc(-n2nccn2)c(C(=O)N2CCCC2(C)c2nc3cc(F)c(Br)cc3[nH]2)c1. The lowest BCUT2D eigenvalue weighted by atomic mass is 9.96. The van der Waals surface area contributed by atoms with Crippen molar-refractivity contribution in [2.24, 2.45) is 0 Å². The zero-order valence-corrected chi connectivity index (χ0v) is 18.6. The number of hydrogen-bond acceptors (Lipinski definition) is 4. The number of rotatable bonds is 3. The molecule has 1 N–H and O–H groups in total. The minimum absolute atomic E-state index is 0.108. The van der Waals surface area contributed by atoms with Crippen LogP contribution >= 0.6 is 15.9 Å². The lowest BCUT2D eigenvalue weighted by Crippen LogP contribution is -2.44. The lowest BCUT2D eigenvalue weighted by molar-refractivity contribution is 0.0605. The maximum absolute atomic E-state index is 14.0. The Bertz CT molecular complexity index is 1260. The largest absolute Gasteiger partial charge is 0.340 e. The fourth-order valence-corrected chi connectivity index (χ4v) is 4.62. The van der Waals surface area contributed by atoms with Crippen LogP contribution in [0.1, 0.15) is 41.5 Å². The van der Waals surface area contributed by atoms with E-state index in [4.69, 9.17) is 0 Å². The highest BCUT2D eigenvalue weighted by Gasteiger charge is 2.44. The predicted molar refractivity (Wildman–Crippen MR) is 117 cm³/mol. The molecule has 1 amide bonds. The van der Waals surface area contributed by atoms with E-state index in [9.17, 15) is 9.18 Å². The average molecular weight is 483 g/mol. The van der Waals surface area contributed by atoms with Crippen molar-refractivity contribution in [3.8, 4) is 5.69 Å². The number of nitrogens with one attached hydrogen (secondary N) is 1. The number of fused-ring (bicyclic) bond motifs is 1. The third-order valence-electron chi connectivity index (χ3n) is 5.94. The first-order valence-electron chi connectivity index (χ1n) is 10.0. The number of aryl methyl sites for hydroxylation is 1. The Morgan fingerprint density at radius 2 is 2.00 bits per heavy atom. The maximum Gasteiger partial charge on any atom is 0.256 e. The summed E-state index contributed by atoms with van der Waals surface area (Å²) >= 11 is 3.22. The topological polar surface area (TPSA) is 79.7 Å². The van der Waals surface area contributed by atoms with Crippen LogP contribution in [-0.2, 0) is 5.54 Å². The molecule has 2 aromatic carbocycles. The van der Waals surface area contributed by atoms with Gasteiger partial charge in [0, 0.05) is 12.6 Å². The van der Waals surface area contributed by atoms with Crippen LogP contribution in [0, 0.1) is 12.7 Å². The first kappa shape index (κ1) is 19.9. The lowest BCUT2D eigenvalue weighted by Gasteiger charge is -2.34. The summed E-state index contributed by atoms with van der Waals surface area (Å²) < 4.78 is 14.4. The van der Waals surface area contributed by atoms with Gasteiger partial charge in [0.1, 0.15) is 11.6 Å². The fraction of sp³-hybridized carbons (Fsp3) is 0.273. The quantitative estimate of drug-likeness (QED) is 0.465. The molecular formula is C22H20BrFN6O. The van der Waals surface area contributed by atoms with Crippen molar-refractivity contribution in [1.82, 2.24) is 29.9 Å². The summed E-state index contributed by atoms with van der Waals surface area (Å²) in [4.78, 5) is 25.0. The summed E-state index contributed by atoms with van der Waals surface area (Å²) in [6, 6.07) is 8.73. The molecule has 0 aliphatic carbocycles. The van der Waals surface area contributed by atoms with Crippen LogP contribution in [-0.4, -0.2) is 42.3 Å². The van der Waals surface area contributed by atoms with Crippen LogP contribution in [0.5, 0.6) is 0 Å². The van der Waals surface area contributed by atoms with Crippen molar-refractivity contribution < 1.29 is 9.18 Å². The van der Waals surface area contributed by atoms with E-state index < -0.39 is 5.54 Å². The van der Waals surface area contributed by atoms with Crippen molar-refractivity contribution in [3.63, 3.8) is 0 Å². The second kappa shape index (κ2) is 7.26. The summed E-state index contributed by atoms with van der Waals surface area (Å²) in [5.41, 5.74) is 2.76. The summed E-state index contributed by atoms with van der Waals surface area (Å²) in [5.74, 6) is 0.173. The number of benzene rings is 2. The number of likely N-dealkylation sites (tertiary alicyclic amines) is 1. The van der Waals surface area contributed by atoms with Crippen LogP contribution in [0.4, 0.5) is 4.39 Å². The normalized spacial score (nSPS) is 18.8. The number of amides is 1. The minimum Gasteiger partial charge on any atom is -0.340 e. The maximum atomic E-state index is 14.0. The Labute approximate surface area is 186 Å². The van der Waals surface area contributed by atoms with Gasteiger partial charge in [0.2, 0.25) is 0 Å². The van der Waals surface area contributed by atoms with Gasteiger partial charge in [0.05, 0.1) is 44.7 Å². The van der Waals surface area contributed by atoms with Gasteiger partial charge in [0.25, 0.3) is 5.91 Å². The predicted octanol–water partition coefficient (Wildman–Crippen LogP) is 4.51. The summed E-state index contributed by atoms with van der Waals surface area (Å²) in [6.07, 6.45) is 4.77. The van der Waals surface area contributed by atoms with Gasteiger partial charge in [-0.3, -0.25) is 4.79 Å². The molecule has 5 rings (SSSR count). The van der Waals surface area contributed by atoms with Crippen molar-refractivity contribution in [1.29, 1.82) is 0 Å². The molecule has 1 atom stereocenters. The van der Waals surface area contributed by atoms with Crippen molar-refractivity contribution in [3.05, 3.63) is 70.0 Å². The zero-order valence-electron chi connectivity index (χ0n) is 17.1. The Hall–Kier alpha value is -3.07. The van der Waals surface area contributed by atoms with E-state index in [1.54, 1.807) is 18.5 Å². The van der Waals surface area contributed by atoms with Gasteiger partial charge in [-0.25, -0.2) is 9.37 Å². The first-order valence-corrected chi connectivity index (χ1v) is 10.8. The third-order valence-corrected chi connectivity index (χ3v) is 6.54. The van der Waals surface area contributed by atoms with Gasteiger partial charge >= 0.3 is 0 Å². The molecule has 1 aliphatic rings. The number of H-pyrrole nitrogens is 1. The fourth-order valence-electron chi connectivity index (χ4n) is 4.28. The number of hydrogen-bond donors (Lipinski definition) is 1. The third kappa shape index (κ3) is 3.23. The molecule has 7 nitrogen and oxygen atoms in total. The molecule has 0 radical (unpaired) electrons. The standard InChI is InChI=1S/C22H20BrFN6O/c1-13-4-5-19(30-25-7-8-26-30)14(10-13)20(31)29-9-3-6-22(29,2)21-27-17-11-15(23)16(24)12-18(17)28-21/h4-5,7-8,10-12H,3,6,9H2,1-2H3,(H,27,28). The molecular weight excluding hydrogens is 463 g/mol. The molecule has 0 bridgehead atoms. The highest BCUT2D eigenvalue weighted by Crippen LogP contribution is 2.39. The van der Waals surface area contributed by atoms with Crippen molar-refractivity contribution >= 4 is 32.9 Å². The summed E-state index contributed by atoms with van der Waals surface area (Å²) in [7, 11) is 0. The second-order valence-corrected chi connectivity index (χ2v) is 8.90. The Morgan fingerprint density at radius 1 is 1.23 bits per heavy atom. The molecule has 31 heavy (non-hydrogen) atoms. The average Bonchev–Trinajstić information content (AvgIpc) is 3.48. The van der Waals surface area contributed by atoms with E-state index in [0.29, 0.717) is 33.6 Å². The number of imidazole rings is 1. The smallest absolute Gasteiger partial charge is 0.256 e. The number of nitrogens with zero attached hydrogens (tertiary/aromatic N) is 5. The van der Waals surface area contributed by atoms with Crippen molar-refractivity contribution in [2.45, 2.75) is 32.2 Å². The Balaban J connectivity index is 1.58. The van der Waals surface area contributed by atoms with E-state index in [0.717, 1.165) is 23.9 Å². The van der Waals surface area contributed by atoms with Gasteiger partial charge in [-0.1, -0.05) is 11.6 Å². The molecule has 158 valence electrons. The van der Waals surface area contributed by atoms with Gasteiger partial charge in [-0.15, -0.1) is 0 Å². The first-order chi connectivity index (χ1) is 14.9. The zero-order chi connectivity index (χ0) is 21.8. The molecule has 1 unspecified atom stereocenters. The van der Waals surface area contributed by atoms with Crippen LogP contribution in [0.25, 0.3) is 16.7 Å². The van der Waals surface area contributed by atoms with Crippen LogP contribution < -0.4 is 0 Å². The van der Waals surface area contributed by atoms with E-state index in [1.807, 2.05) is 36.9 Å². The highest BCUT2D eigenvalue weighted by molar-refractivity contribution is 9.10. The molecule has 2 aromatic heterocycles. The molecule has 1 aliphatic heterocycles. The molecule has 3 heterocycles. The number of aromatic amines is 1. The van der Waals surface area contributed by atoms with E-state index in [1.165, 1.54) is 10.9 Å². The van der Waals surface area contributed by atoms with E-state index in [2.05, 4.69) is 36.1 Å². The number of carbonyl (C=O) groups is 1. The van der Waals surface area contributed by atoms with E-state index >= 15 is 0 Å². The number of carbonyl (C=O) groups excluding carboxylic acids is 1. The van der Waals surface area contributed by atoms with Crippen LogP contribution in [0.3, 0.4) is 0 Å². The van der Waals surface area contributed by atoms with Gasteiger partial charge in [-0.05, 0) is 60.8 Å². The Kier molecular flexibility index (Phi) is 4.65. The summed E-state index contributed by atoms with van der Waals surface area (Å²) in [6.45, 7) is 4.55. The van der Waals surface area contributed by atoms with Crippen molar-refractivity contribution in [2.75, 3.05) is 6.54 Å². The molecule has 9 heteroatoms. The van der Waals surface area contributed by atoms with Gasteiger partial charge < -0.3 is 9.88 Å². The highest BCUT2D eigenvalue weighted by atomic mass is 79.9. The molecule has 1 fully saturated rings. The Morgan fingerprint density at radius 3 is 2.77 bits per heavy atom. The number of halogens is 2. The van der Waals surface area contributed by atoms with Crippen LogP contribution in [0.15, 0.2) is 47.2 Å². The number of aromatic nitrogens is 5. The molecule has 0 spiro atoms. The minimum atomic E-state index is -0.641. The molecule has 0 saturated carbocycles. The van der Waals surface area contributed by atoms with Crippen LogP contribution in [0.2, 0.25) is 0 Å².